The monoisotopic (exact) mass is 700 g/mol. The normalized spacial score (nSPS) is 15.5. The number of ether oxygens (including phenoxy) is 3. The summed E-state index contributed by atoms with van der Waals surface area (Å²) >= 11 is 0. The first-order valence-electron chi connectivity index (χ1n) is 17.5. The lowest BCUT2D eigenvalue weighted by atomic mass is 9.95. The Bertz CT molecular complexity index is 1980. The Hall–Kier alpha value is -4.14. The fourth-order valence-electron chi connectivity index (χ4n) is 7.38. The fraction of sp³-hybridized carbons (Fsp3) is 0.487. The Morgan fingerprint density at radius 2 is 1.74 bits per heavy atom. The molecule has 0 amide bonds. The number of halogens is 2. The summed E-state index contributed by atoms with van der Waals surface area (Å²) < 4.78 is 50.1. The van der Waals surface area contributed by atoms with Crippen LogP contribution in [0.1, 0.15) is 72.8 Å². The van der Waals surface area contributed by atoms with Crippen molar-refractivity contribution in [3.8, 4) is 34.5 Å². The summed E-state index contributed by atoms with van der Waals surface area (Å²) in [5.41, 5.74) is 4.60. The molecule has 6 rings (SSSR count). The number of benzene rings is 2. The molecule has 0 saturated heterocycles. The van der Waals surface area contributed by atoms with E-state index < -0.39 is 25.1 Å². The number of hydrogen-bond donors (Lipinski definition) is 0. The average Bonchev–Trinajstić information content (AvgIpc) is 4.02. The zero-order valence-electron chi connectivity index (χ0n) is 30.2. The first-order valence-corrected chi connectivity index (χ1v) is 19.7. The van der Waals surface area contributed by atoms with E-state index in [0.717, 1.165) is 32.0 Å². The molecular formula is C39H46F2N4O4Si. The Kier molecular flexibility index (Phi) is 9.90. The summed E-state index contributed by atoms with van der Waals surface area (Å²) in [5.74, 6) is 3.01. The highest BCUT2D eigenvalue weighted by Crippen LogP contribution is 2.45. The number of nitrogens with zero attached hydrogens (tertiary/aromatic N) is 4. The van der Waals surface area contributed by atoms with E-state index in [1.807, 2.05) is 11.9 Å². The van der Waals surface area contributed by atoms with Crippen molar-refractivity contribution in [2.75, 3.05) is 32.5 Å². The molecule has 2 aromatic heterocycles. The van der Waals surface area contributed by atoms with E-state index in [-0.39, 0.29) is 42.2 Å². The quantitative estimate of drug-likeness (QED) is 0.0593. The molecule has 0 bridgehead atoms. The lowest BCUT2D eigenvalue weighted by molar-refractivity contribution is -0.113. The van der Waals surface area contributed by atoms with Crippen LogP contribution in [0.5, 0.6) is 11.8 Å². The summed E-state index contributed by atoms with van der Waals surface area (Å²) in [6.45, 7) is 13.3. The van der Waals surface area contributed by atoms with Gasteiger partial charge >= 0.3 is 6.01 Å². The van der Waals surface area contributed by atoms with Crippen molar-refractivity contribution in [3.05, 3.63) is 47.7 Å². The zero-order valence-corrected chi connectivity index (χ0v) is 31.2. The maximum absolute atomic E-state index is 17.1. The lowest BCUT2D eigenvalue weighted by Gasteiger charge is -2.38. The molecule has 2 fully saturated rings. The third kappa shape index (κ3) is 6.55. The van der Waals surface area contributed by atoms with Crippen LogP contribution in [-0.4, -0.2) is 62.9 Å². The maximum atomic E-state index is 17.1. The van der Waals surface area contributed by atoms with Crippen molar-refractivity contribution >= 4 is 41.9 Å². The van der Waals surface area contributed by atoms with Gasteiger partial charge in [0.25, 0.3) is 0 Å². The number of aldehydes is 1. The summed E-state index contributed by atoms with van der Waals surface area (Å²) in [7, 11) is 1.17. The number of hydrogen-bond acceptors (Lipinski definition) is 8. The Balaban J connectivity index is 1.59. The van der Waals surface area contributed by atoms with Crippen LogP contribution in [0.25, 0.3) is 32.9 Å². The first-order chi connectivity index (χ1) is 23.9. The number of pyridine rings is 1. The predicted molar refractivity (Wildman–Crippen MR) is 195 cm³/mol. The Morgan fingerprint density at radius 3 is 2.34 bits per heavy atom. The Labute approximate surface area is 294 Å². The summed E-state index contributed by atoms with van der Waals surface area (Å²) in [6, 6.07) is 6.71. The molecule has 264 valence electrons. The van der Waals surface area contributed by atoms with Gasteiger partial charge in [0, 0.05) is 37.3 Å². The van der Waals surface area contributed by atoms with Gasteiger partial charge in [0.05, 0.1) is 16.4 Å². The van der Waals surface area contributed by atoms with Gasteiger partial charge < -0.3 is 23.9 Å². The van der Waals surface area contributed by atoms with Crippen molar-refractivity contribution in [2.45, 2.75) is 89.9 Å². The van der Waals surface area contributed by atoms with Gasteiger partial charge in [-0.25, -0.2) is 8.78 Å². The average molecular weight is 701 g/mol. The fourth-order valence-corrected chi connectivity index (χ4v) is 12.6. The molecule has 2 aliphatic carbocycles. The lowest BCUT2D eigenvalue weighted by Crippen LogP contribution is -2.43. The molecule has 0 N–H and O–H groups in total. The van der Waals surface area contributed by atoms with Gasteiger partial charge in [0.2, 0.25) is 0 Å². The van der Waals surface area contributed by atoms with E-state index >= 15 is 8.78 Å². The number of rotatable bonds is 13. The van der Waals surface area contributed by atoms with E-state index in [0.29, 0.717) is 49.9 Å². The second-order valence-electron chi connectivity index (χ2n) is 14.8. The number of aromatic nitrogens is 3. The van der Waals surface area contributed by atoms with Crippen molar-refractivity contribution < 1.29 is 27.8 Å². The standard InChI is InChI=1S/C39H46F2N4O4Si/c1-23(2)50(24(3)4,25(5)6)16-13-29-32(40)12-9-26-17-28(49-22-47-8)18-30(33(26)29)35-34(41)36-31(19-42-35)37(45(7)27-10-11-27)44-38(43-36)48-21-39(20-46)14-15-39/h9,12,17-20,23-25,27H,10-11,14-15,21-22H2,1-8H3. The van der Waals surface area contributed by atoms with Gasteiger partial charge in [-0.2, -0.15) is 9.97 Å². The molecule has 0 radical (unpaired) electrons. The topological polar surface area (TPSA) is 86.7 Å². The summed E-state index contributed by atoms with van der Waals surface area (Å²) in [6.07, 6.45) is 5.91. The van der Waals surface area contributed by atoms with Gasteiger partial charge in [0.15, 0.2) is 12.6 Å². The molecule has 11 heteroatoms. The van der Waals surface area contributed by atoms with E-state index in [2.05, 4.69) is 68.0 Å². The van der Waals surface area contributed by atoms with Crippen LogP contribution in [0.4, 0.5) is 14.6 Å². The second kappa shape index (κ2) is 13.9. The zero-order chi connectivity index (χ0) is 36.0. The van der Waals surface area contributed by atoms with E-state index in [1.165, 1.54) is 13.2 Å². The van der Waals surface area contributed by atoms with Crippen LogP contribution in [0.2, 0.25) is 16.6 Å². The van der Waals surface area contributed by atoms with Crippen molar-refractivity contribution in [1.82, 2.24) is 15.0 Å². The van der Waals surface area contributed by atoms with Gasteiger partial charge in [-0.05, 0) is 65.9 Å². The van der Waals surface area contributed by atoms with Crippen LogP contribution < -0.4 is 14.4 Å². The number of fused-ring (bicyclic) bond motifs is 2. The SMILES string of the molecule is COCOc1cc(-c2ncc3c(N(C)C4CC4)nc(OCC4(C=O)CC4)nc3c2F)c2c(C#C[Si](C(C)C)(C(C)C)C(C)C)c(F)ccc2c1. The second-order valence-corrected chi connectivity index (χ2v) is 20.4. The smallest absolute Gasteiger partial charge is 0.319 e. The van der Waals surface area contributed by atoms with Crippen LogP contribution in [0.15, 0.2) is 30.5 Å². The summed E-state index contributed by atoms with van der Waals surface area (Å²) in [5, 5.41) is 1.49. The van der Waals surface area contributed by atoms with Crippen LogP contribution in [0.3, 0.4) is 0 Å². The van der Waals surface area contributed by atoms with Crippen molar-refractivity contribution in [2.24, 2.45) is 5.41 Å². The molecular weight excluding hydrogens is 655 g/mol. The molecule has 50 heavy (non-hydrogen) atoms. The van der Waals surface area contributed by atoms with E-state index in [9.17, 15) is 4.79 Å². The van der Waals surface area contributed by atoms with Crippen LogP contribution in [0, 0.1) is 28.5 Å². The third-order valence-corrected chi connectivity index (χ3v) is 16.9. The highest BCUT2D eigenvalue weighted by atomic mass is 28.3. The summed E-state index contributed by atoms with van der Waals surface area (Å²) in [4.78, 5) is 27.5. The molecule has 8 nitrogen and oxygen atoms in total. The molecule has 4 aromatic rings. The molecule has 2 aromatic carbocycles. The largest absolute Gasteiger partial charge is 0.468 e. The van der Waals surface area contributed by atoms with Crippen LogP contribution >= 0.6 is 0 Å². The first kappa shape index (κ1) is 35.7. The molecule has 2 aliphatic rings. The minimum Gasteiger partial charge on any atom is -0.468 e. The molecule has 2 saturated carbocycles. The Morgan fingerprint density at radius 1 is 1.04 bits per heavy atom. The van der Waals surface area contributed by atoms with Crippen molar-refractivity contribution in [3.63, 3.8) is 0 Å². The van der Waals surface area contributed by atoms with Gasteiger partial charge in [-0.3, -0.25) is 4.98 Å². The predicted octanol–water partition coefficient (Wildman–Crippen LogP) is 8.63. The number of anilines is 1. The van der Waals surface area contributed by atoms with Gasteiger partial charge in [-0.15, -0.1) is 5.54 Å². The van der Waals surface area contributed by atoms with E-state index in [1.54, 1.807) is 24.4 Å². The number of carbonyl (C=O) groups excluding carboxylic acids is 1. The third-order valence-electron chi connectivity index (χ3n) is 10.6. The molecule has 2 heterocycles. The molecule has 0 aliphatic heterocycles. The molecule has 0 unspecified atom stereocenters. The van der Waals surface area contributed by atoms with Crippen LogP contribution in [-0.2, 0) is 9.53 Å². The van der Waals surface area contributed by atoms with E-state index in [4.69, 9.17) is 14.2 Å². The molecule has 0 atom stereocenters. The van der Waals surface area contributed by atoms with Gasteiger partial charge in [-0.1, -0.05) is 53.5 Å². The number of methoxy groups -OCH3 is 1. The number of carbonyl (C=O) groups is 1. The minimum absolute atomic E-state index is 0.0128. The molecule has 0 spiro atoms. The highest BCUT2D eigenvalue weighted by molar-refractivity contribution is 6.90. The minimum atomic E-state index is -2.26. The highest BCUT2D eigenvalue weighted by Gasteiger charge is 2.44. The maximum Gasteiger partial charge on any atom is 0.319 e. The van der Waals surface area contributed by atoms with Crippen molar-refractivity contribution in [1.29, 1.82) is 0 Å². The van der Waals surface area contributed by atoms with Gasteiger partial charge in [0.1, 0.15) is 49.6 Å².